The minimum Gasteiger partial charge on any atom is -0.444 e. The van der Waals surface area contributed by atoms with Crippen LogP contribution in [-0.4, -0.2) is 77.0 Å². The second kappa shape index (κ2) is 9.59. The molecule has 1 aromatic heterocycles. The summed E-state index contributed by atoms with van der Waals surface area (Å²) in [4.78, 5) is 29.5. The predicted molar refractivity (Wildman–Crippen MR) is 120 cm³/mol. The van der Waals surface area contributed by atoms with Crippen molar-refractivity contribution >= 4 is 12.0 Å². The second-order valence-electron chi connectivity index (χ2n) is 10.2. The summed E-state index contributed by atoms with van der Waals surface area (Å²) in [5.41, 5.74) is 1.06. The number of nitrogens with zero attached hydrogens (tertiary/aromatic N) is 4. The Hall–Kier alpha value is -2.09. The first-order valence-electron chi connectivity index (χ1n) is 11.6. The van der Waals surface area contributed by atoms with Crippen LogP contribution in [0.2, 0.25) is 0 Å². The van der Waals surface area contributed by atoms with E-state index in [2.05, 4.69) is 10.4 Å². The number of likely N-dealkylation sites (tertiary alicyclic amines) is 1. The molecule has 1 spiro atoms. The van der Waals surface area contributed by atoms with E-state index in [4.69, 9.17) is 4.74 Å². The molecule has 0 aromatic carbocycles. The van der Waals surface area contributed by atoms with Crippen LogP contribution in [0.1, 0.15) is 69.1 Å². The average molecular weight is 434 g/mol. The number of nitrogens with one attached hydrogen (secondary N) is 1. The molecule has 0 radical (unpaired) electrons. The van der Waals surface area contributed by atoms with Crippen molar-refractivity contribution in [3.05, 3.63) is 17.5 Å². The molecule has 1 N–H and O–H groups in total. The number of hydrogen-bond donors (Lipinski definition) is 1. The van der Waals surface area contributed by atoms with Gasteiger partial charge in [0.1, 0.15) is 11.3 Å². The Morgan fingerprint density at radius 2 is 1.81 bits per heavy atom. The zero-order valence-electron chi connectivity index (χ0n) is 19.9. The standard InChI is InChI=1S/C23H39N5O3/c1-18-16-19-20(29)26(5)17-23(8-6-11-24-12-7-13-28(19)25-18)9-14-27(15-10-23)21(30)31-22(2,3)4/h16,24H,6-15,17H2,1-5H3. The summed E-state index contributed by atoms with van der Waals surface area (Å²) in [5, 5.41) is 8.07. The zero-order chi connectivity index (χ0) is 22.6. The summed E-state index contributed by atoms with van der Waals surface area (Å²) in [6.45, 7) is 12.3. The normalized spacial score (nSPS) is 21.1. The van der Waals surface area contributed by atoms with E-state index in [-0.39, 0.29) is 17.4 Å². The van der Waals surface area contributed by atoms with Gasteiger partial charge in [-0.25, -0.2) is 4.79 Å². The molecule has 3 rings (SSSR count). The van der Waals surface area contributed by atoms with E-state index in [9.17, 15) is 9.59 Å². The Kier molecular flexibility index (Phi) is 7.29. The monoisotopic (exact) mass is 433 g/mol. The van der Waals surface area contributed by atoms with Gasteiger partial charge in [-0.15, -0.1) is 0 Å². The van der Waals surface area contributed by atoms with Gasteiger partial charge in [-0.05, 0) is 84.4 Å². The molecule has 8 nitrogen and oxygen atoms in total. The van der Waals surface area contributed by atoms with Gasteiger partial charge in [-0.3, -0.25) is 9.48 Å². The highest BCUT2D eigenvalue weighted by atomic mass is 16.6. The van der Waals surface area contributed by atoms with Crippen molar-refractivity contribution in [3.63, 3.8) is 0 Å². The SMILES string of the molecule is Cc1cc2n(n1)CCCNCCCC1(CCN(C(=O)OC(C)(C)C)CC1)CN(C)C2=O. The van der Waals surface area contributed by atoms with Crippen molar-refractivity contribution in [2.24, 2.45) is 5.41 Å². The Morgan fingerprint density at radius 1 is 1.13 bits per heavy atom. The number of carbonyl (C=O) groups excluding carboxylic acids is 2. The number of carbonyl (C=O) groups is 2. The molecule has 2 amide bonds. The molecule has 174 valence electrons. The average Bonchev–Trinajstić information content (AvgIpc) is 3.05. The van der Waals surface area contributed by atoms with E-state index in [0.29, 0.717) is 25.3 Å². The lowest BCUT2D eigenvalue weighted by Crippen LogP contribution is -2.49. The Morgan fingerprint density at radius 3 is 2.48 bits per heavy atom. The summed E-state index contributed by atoms with van der Waals surface area (Å²) < 4.78 is 7.41. The van der Waals surface area contributed by atoms with Crippen molar-refractivity contribution in [3.8, 4) is 0 Å². The fraction of sp³-hybridized carbons (Fsp3) is 0.783. The van der Waals surface area contributed by atoms with E-state index >= 15 is 0 Å². The number of amides is 2. The molecule has 31 heavy (non-hydrogen) atoms. The van der Waals surface area contributed by atoms with Crippen LogP contribution in [0.15, 0.2) is 6.07 Å². The minimum atomic E-state index is -0.489. The van der Waals surface area contributed by atoms with E-state index in [1.807, 2.05) is 55.3 Å². The van der Waals surface area contributed by atoms with Crippen LogP contribution in [0.3, 0.4) is 0 Å². The molecule has 1 saturated heterocycles. The molecule has 2 aliphatic rings. The van der Waals surface area contributed by atoms with Gasteiger partial charge in [0.25, 0.3) is 5.91 Å². The Bertz CT molecular complexity index is 775. The van der Waals surface area contributed by atoms with Gasteiger partial charge >= 0.3 is 6.09 Å². The van der Waals surface area contributed by atoms with Gasteiger partial charge in [0.05, 0.1) is 5.69 Å². The number of ether oxygens (including phenoxy) is 1. The molecule has 0 atom stereocenters. The van der Waals surface area contributed by atoms with E-state index in [1.54, 1.807) is 0 Å². The maximum absolute atomic E-state index is 13.3. The van der Waals surface area contributed by atoms with Crippen LogP contribution in [0, 0.1) is 12.3 Å². The fourth-order valence-electron chi connectivity index (χ4n) is 4.70. The van der Waals surface area contributed by atoms with Crippen molar-refractivity contribution in [1.82, 2.24) is 24.9 Å². The smallest absolute Gasteiger partial charge is 0.410 e. The third-order valence-corrected chi connectivity index (χ3v) is 6.30. The largest absolute Gasteiger partial charge is 0.444 e. The van der Waals surface area contributed by atoms with E-state index in [0.717, 1.165) is 57.4 Å². The lowest BCUT2D eigenvalue weighted by molar-refractivity contribution is 0.00374. The van der Waals surface area contributed by atoms with E-state index in [1.165, 1.54) is 0 Å². The highest BCUT2D eigenvalue weighted by Gasteiger charge is 2.38. The molecule has 8 heteroatoms. The number of fused-ring (bicyclic) bond motifs is 1. The first-order valence-corrected chi connectivity index (χ1v) is 11.6. The highest BCUT2D eigenvalue weighted by Crippen LogP contribution is 2.37. The summed E-state index contributed by atoms with van der Waals surface area (Å²) in [5.74, 6) is 0.0294. The van der Waals surface area contributed by atoms with Gasteiger partial charge in [0.15, 0.2) is 0 Å². The third kappa shape index (κ3) is 6.21. The van der Waals surface area contributed by atoms with Gasteiger partial charge < -0.3 is 19.9 Å². The van der Waals surface area contributed by atoms with Crippen molar-refractivity contribution in [1.29, 1.82) is 0 Å². The van der Waals surface area contributed by atoms with Gasteiger partial charge in [0.2, 0.25) is 0 Å². The number of aryl methyl sites for hydroxylation is 2. The van der Waals surface area contributed by atoms with Gasteiger partial charge in [0, 0.05) is 33.2 Å². The van der Waals surface area contributed by atoms with Crippen molar-refractivity contribution in [2.45, 2.75) is 71.9 Å². The van der Waals surface area contributed by atoms with Crippen molar-refractivity contribution in [2.75, 3.05) is 39.8 Å². The van der Waals surface area contributed by atoms with Crippen LogP contribution in [-0.2, 0) is 11.3 Å². The number of hydrogen-bond acceptors (Lipinski definition) is 5. The molecule has 1 fully saturated rings. The first kappa shape index (κ1) is 23.6. The molecular weight excluding hydrogens is 394 g/mol. The number of rotatable bonds is 0. The molecular formula is C23H39N5O3. The predicted octanol–water partition coefficient (Wildman–Crippen LogP) is 3.05. The highest BCUT2D eigenvalue weighted by molar-refractivity contribution is 5.92. The summed E-state index contributed by atoms with van der Waals surface area (Å²) >= 11 is 0. The first-order chi connectivity index (χ1) is 14.6. The fourth-order valence-corrected chi connectivity index (χ4v) is 4.70. The van der Waals surface area contributed by atoms with Crippen LogP contribution in [0.4, 0.5) is 4.79 Å². The molecule has 0 bridgehead atoms. The molecule has 2 aliphatic heterocycles. The lowest BCUT2D eigenvalue weighted by atomic mass is 9.74. The Labute approximate surface area is 186 Å². The molecule has 0 saturated carbocycles. The molecule has 0 unspecified atom stereocenters. The van der Waals surface area contributed by atoms with Gasteiger partial charge in [-0.2, -0.15) is 5.10 Å². The van der Waals surface area contributed by atoms with E-state index < -0.39 is 5.60 Å². The minimum absolute atomic E-state index is 0.0125. The van der Waals surface area contributed by atoms with Crippen LogP contribution >= 0.6 is 0 Å². The van der Waals surface area contributed by atoms with Crippen LogP contribution in [0.5, 0.6) is 0 Å². The second-order valence-corrected chi connectivity index (χ2v) is 10.2. The maximum atomic E-state index is 13.3. The number of piperidine rings is 1. The Balaban J connectivity index is 1.73. The quantitative estimate of drug-likeness (QED) is 0.680. The molecule has 1 aromatic rings. The molecule has 3 heterocycles. The topological polar surface area (TPSA) is 79.7 Å². The summed E-state index contributed by atoms with van der Waals surface area (Å²) in [6, 6.07) is 1.89. The maximum Gasteiger partial charge on any atom is 0.410 e. The van der Waals surface area contributed by atoms with Crippen molar-refractivity contribution < 1.29 is 14.3 Å². The third-order valence-electron chi connectivity index (χ3n) is 6.30. The van der Waals surface area contributed by atoms with Crippen LogP contribution in [0.25, 0.3) is 0 Å². The summed E-state index contributed by atoms with van der Waals surface area (Å²) in [7, 11) is 1.90. The number of aromatic nitrogens is 2. The lowest BCUT2D eigenvalue weighted by Gasteiger charge is -2.44. The zero-order valence-corrected chi connectivity index (χ0v) is 19.9. The summed E-state index contributed by atoms with van der Waals surface area (Å²) in [6.07, 6.45) is 4.57. The van der Waals surface area contributed by atoms with Gasteiger partial charge in [-0.1, -0.05) is 0 Å². The molecule has 0 aliphatic carbocycles. The van der Waals surface area contributed by atoms with Crippen LogP contribution < -0.4 is 5.32 Å².